The lowest BCUT2D eigenvalue weighted by molar-refractivity contribution is 0.376. The molecule has 15 heavy (non-hydrogen) atoms. The summed E-state index contributed by atoms with van der Waals surface area (Å²) < 4.78 is 0. The van der Waals surface area contributed by atoms with E-state index >= 15 is 0 Å². The molecule has 1 nitrogen and oxygen atoms in total. The molecule has 3 saturated carbocycles. The average Bonchev–Trinajstić information content (AvgIpc) is 2.64. The molecule has 1 heteroatoms. The highest BCUT2D eigenvalue weighted by Gasteiger charge is 2.66. The van der Waals surface area contributed by atoms with Crippen LogP contribution in [0, 0.1) is 29.6 Å². The summed E-state index contributed by atoms with van der Waals surface area (Å²) in [6.07, 6.45) is 5.82. The Balaban J connectivity index is 1.67. The molecular weight excluding hydrogens is 182 g/mol. The van der Waals surface area contributed by atoms with E-state index in [0.717, 1.165) is 35.6 Å². The summed E-state index contributed by atoms with van der Waals surface area (Å²) in [5.74, 6) is 5.40. The second-order valence-electron chi connectivity index (χ2n) is 6.12. The fourth-order valence-electron chi connectivity index (χ4n) is 4.74. The maximum Gasteiger partial charge on any atom is 0.0135 e. The van der Waals surface area contributed by atoms with Crippen molar-refractivity contribution in [2.24, 2.45) is 29.6 Å². The van der Waals surface area contributed by atoms with Crippen LogP contribution in [-0.4, -0.2) is 13.1 Å². The van der Waals surface area contributed by atoms with E-state index in [1.165, 1.54) is 24.8 Å². The monoisotopic (exact) mass is 205 g/mol. The molecule has 0 heterocycles. The standard InChI is InChI=1S/C14H23N/c1-8(2)6-11(15-3)14-12-9-4-5-10(7-9)13(12)14/h9-15H,1,4-7H2,2-3H3. The van der Waals surface area contributed by atoms with E-state index in [2.05, 4.69) is 25.9 Å². The Hall–Kier alpha value is -0.300. The van der Waals surface area contributed by atoms with Crippen molar-refractivity contribution in [3.05, 3.63) is 12.2 Å². The first-order valence-electron chi connectivity index (χ1n) is 6.54. The Morgan fingerprint density at radius 2 is 1.93 bits per heavy atom. The smallest absolute Gasteiger partial charge is 0.0135 e. The number of nitrogens with one attached hydrogen (secondary N) is 1. The van der Waals surface area contributed by atoms with E-state index in [1.54, 1.807) is 6.42 Å². The van der Waals surface area contributed by atoms with Gasteiger partial charge in [0, 0.05) is 6.04 Å². The van der Waals surface area contributed by atoms with Crippen molar-refractivity contribution in [2.45, 2.75) is 38.6 Å². The largest absolute Gasteiger partial charge is 0.316 e. The van der Waals surface area contributed by atoms with Gasteiger partial charge in [0.2, 0.25) is 0 Å². The first-order valence-corrected chi connectivity index (χ1v) is 6.54. The van der Waals surface area contributed by atoms with Crippen LogP contribution in [0.25, 0.3) is 0 Å². The highest BCUT2D eigenvalue weighted by atomic mass is 14.9. The fourth-order valence-corrected chi connectivity index (χ4v) is 4.74. The zero-order chi connectivity index (χ0) is 10.6. The van der Waals surface area contributed by atoms with E-state index in [1.807, 2.05) is 0 Å². The Kier molecular flexibility index (Phi) is 2.21. The van der Waals surface area contributed by atoms with Crippen LogP contribution in [0.3, 0.4) is 0 Å². The summed E-state index contributed by atoms with van der Waals surface area (Å²) >= 11 is 0. The lowest BCUT2D eigenvalue weighted by Crippen LogP contribution is -2.30. The summed E-state index contributed by atoms with van der Waals surface area (Å²) in [5, 5.41) is 3.53. The van der Waals surface area contributed by atoms with Gasteiger partial charge in [0.05, 0.1) is 0 Å². The molecule has 0 saturated heterocycles. The van der Waals surface area contributed by atoms with Gasteiger partial charge in [-0.3, -0.25) is 0 Å². The molecule has 2 bridgehead atoms. The van der Waals surface area contributed by atoms with Gasteiger partial charge >= 0.3 is 0 Å². The van der Waals surface area contributed by atoms with Crippen LogP contribution in [0.2, 0.25) is 0 Å². The minimum absolute atomic E-state index is 0.723. The van der Waals surface area contributed by atoms with E-state index < -0.39 is 0 Å². The van der Waals surface area contributed by atoms with Gasteiger partial charge in [-0.05, 0) is 69.2 Å². The fraction of sp³-hybridized carbons (Fsp3) is 0.857. The molecule has 5 unspecified atom stereocenters. The first kappa shape index (κ1) is 9.89. The van der Waals surface area contributed by atoms with Crippen LogP contribution in [0.5, 0.6) is 0 Å². The Morgan fingerprint density at radius 1 is 1.33 bits per heavy atom. The van der Waals surface area contributed by atoms with E-state index in [0.29, 0.717) is 0 Å². The van der Waals surface area contributed by atoms with Crippen molar-refractivity contribution in [1.82, 2.24) is 5.32 Å². The van der Waals surface area contributed by atoms with Crippen LogP contribution < -0.4 is 5.32 Å². The zero-order valence-corrected chi connectivity index (χ0v) is 10.00. The third kappa shape index (κ3) is 1.39. The van der Waals surface area contributed by atoms with Crippen molar-refractivity contribution in [3.8, 4) is 0 Å². The predicted molar refractivity (Wildman–Crippen MR) is 63.6 cm³/mol. The summed E-state index contributed by atoms with van der Waals surface area (Å²) in [6, 6.07) is 0.723. The van der Waals surface area contributed by atoms with E-state index in [4.69, 9.17) is 0 Å². The third-order valence-corrected chi connectivity index (χ3v) is 5.20. The van der Waals surface area contributed by atoms with Crippen molar-refractivity contribution >= 4 is 0 Å². The molecule has 0 aliphatic heterocycles. The molecule has 0 spiro atoms. The molecule has 1 N–H and O–H groups in total. The second kappa shape index (κ2) is 3.35. The van der Waals surface area contributed by atoms with Gasteiger partial charge < -0.3 is 5.32 Å². The molecule has 5 atom stereocenters. The highest BCUT2D eigenvalue weighted by Crippen LogP contribution is 2.70. The molecule has 84 valence electrons. The predicted octanol–water partition coefficient (Wildman–Crippen LogP) is 2.83. The Morgan fingerprint density at radius 3 is 2.40 bits per heavy atom. The molecule has 0 amide bonds. The van der Waals surface area contributed by atoms with E-state index in [9.17, 15) is 0 Å². The highest BCUT2D eigenvalue weighted by molar-refractivity contribution is 5.16. The van der Waals surface area contributed by atoms with Gasteiger partial charge in [-0.1, -0.05) is 5.57 Å². The number of hydrogen-bond donors (Lipinski definition) is 1. The lowest BCUT2D eigenvalue weighted by atomic mass is 9.94. The summed E-state index contributed by atoms with van der Waals surface area (Å²) in [4.78, 5) is 0. The molecule has 0 aromatic heterocycles. The summed E-state index contributed by atoms with van der Waals surface area (Å²) in [6.45, 7) is 6.22. The minimum atomic E-state index is 0.723. The Labute approximate surface area is 93.3 Å². The van der Waals surface area contributed by atoms with Gasteiger partial charge in [0.1, 0.15) is 0 Å². The van der Waals surface area contributed by atoms with Crippen molar-refractivity contribution in [1.29, 1.82) is 0 Å². The molecule has 0 aromatic rings. The van der Waals surface area contributed by atoms with Crippen LogP contribution in [-0.2, 0) is 0 Å². The second-order valence-corrected chi connectivity index (χ2v) is 6.12. The van der Waals surface area contributed by atoms with Crippen molar-refractivity contribution < 1.29 is 0 Å². The van der Waals surface area contributed by atoms with Gasteiger partial charge in [-0.15, -0.1) is 6.58 Å². The van der Waals surface area contributed by atoms with Gasteiger partial charge in [-0.2, -0.15) is 0 Å². The average molecular weight is 205 g/mol. The maximum absolute atomic E-state index is 4.06. The summed E-state index contributed by atoms with van der Waals surface area (Å²) in [7, 11) is 2.13. The van der Waals surface area contributed by atoms with Gasteiger partial charge in [0.15, 0.2) is 0 Å². The van der Waals surface area contributed by atoms with Gasteiger partial charge in [-0.25, -0.2) is 0 Å². The van der Waals surface area contributed by atoms with Crippen molar-refractivity contribution in [3.63, 3.8) is 0 Å². The molecular formula is C14H23N. The quantitative estimate of drug-likeness (QED) is 0.696. The van der Waals surface area contributed by atoms with Crippen LogP contribution >= 0.6 is 0 Å². The molecule has 0 radical (unpaired) electrons. The number of hydrogen-bond acceptors (Lipinski definition) is 1. The molecule has 3 fully saturated rings. The van der Waals surface area contributed by atoms with Crippen molar-refractivity contribution in [2.75, 3.05) is 7.05 Å². The van der Waals surface area contributed by atoms with Crippen LogP contribution in [0.1, 0.15) is 32.6 Å². The molecule has 3 rings (SSSR count). The lowest BCUT2D eigenvalue weighted by Gasteiger charge is -2.20. The van der Waals surface area contributed by atoms with E-state index in [-0.39, 0.29) is 0 Å². The summed E-state index contributed by atoms with van der Waals surface area (Å²) in [5.41, 5.74) is 1.34. The third-order valence-electron chi connectivity index (χ3n) is 5.20. The van der Waals surface area contributed by atoms with Crippen LogP contribution in [0.4, 0.5) is 0 Å². The number of rotatable bonds is 4. The first-order chi connectivity index (χ1) is 7.22. The normalized spacial score (nSPS) is 47.7. The maximum atomic E-state index is 4.06. The zero-order valence-electron chi connectivity index (χ0n) is 10.00. The van der Waals surface area contributed by atoms with Crippen LogP contribution in [0.15, 0.2) is 12.2 Å². The molecule has 3 aliphatic carbocycles. The SMILES string of the molecule is C=C(C)CC(NC)C1C2C3CCC(C3)C21. The topological polar surface area (TPSA) is 12.0 Å². The Bertz CT molecular complexity index is 267. The molecule has 0 aromatic carbocycles. The number of fused-ring (bicyclic) bond motifs is 5. The molecule has 3 aliphatic rings. The minimum Gasteiger partial charge on any atom is -0.316 e. The van der Waals surface area contributed by atoms with Gasteiger partial charge in [0.25, 0.3) is 0 Å².